The van der Waals surface area contributed by atoms with E-state index in [9.17, 15) is 4.79 Å². The quantitative estimate of drug-likeness (QED) is 0.488. The summed E-state index contributed by atoms with van der Waals surface area (Å²) in [5, 5.41) is 11.5. The van der Waals surface area contributed by atoms with Crippen molar-refractivity contribution in [2.75, 3.05) is 0 Å². The van der Waals surface area contributed by atoms with Crippen molar-refractivity contribution in [1.29, 1.82) is 0 Å². The molecule has 0 aliphatic rings. The Hall–Kier alpha value is -2.52. The van der Waals surface area contributed by atoms with Crippen LogP contribution in [0, 0.1) is 13.8 Å². The summed E-state index contributed by atoms with van der Waals surface area (Å²) < 4.78 is 7.19. The zero-order chi connectivity index (χ0) is 18.1. The number of thiazole rings is 1. The fourth-order valence-corrected chi connectivity index (χ4v) is 3.77. The van der Waals surface area contributed by atoms with Crippen molar-refractivity contribution in [2.24, 2.45) is 0 Å². The Labute approximate surface area is 157 Å². The highest BCUT2D eigenvalue weighted by Gasteiger charge is 2.11. The lowest BCUT2D eigenvalue weighted by Gasteiger charge is -2.03. The van der Waals surface area contributed by atoms with Crippen LogP contribution in [0.4, 0.5) is 0 Å². The summed E-state index contributed by atoms with van der Waals surface area (Å²) in [7, 11) is 0. The fraction of sp³-hybridized carbons (Fsp3) is 0.235. The number of hydrogen-bond donors (Lipinski definition) is 0. The first kappa shape index (κ1) is 16.9. The highest BCUT2D eigenvalue weighted by atomic mass is 32.2. The Morgan fingerprint density at radius 3 is 2.88 bits per heavy atom. The Bertz CT molecular complexity index is 1130. The number of pyridine rings is 1. The molecule has 0 amide bonds. The molecular weight excluding hydrogens is 370 g/mol. The highest BCUT2D eigenvalue weighted by Crippen LogP contribution is 2.21. The van der Waals surface area contributed by atoms with E-state index in [4.69, 9.17) is 4.42 Å². The van der Waals surface area contributed by atoms with E-state index in [1.807, 2.05) is 31.4 Å². The first-order chi connectivity index (χ1) is 12.6. The van der Waals surface area contributed by atoms with Crippen molar-refractivity contribution in [3.8, 4) is 0 Å². The van der Waals surface area contributed by atoms with E-state index < -0.39 is 0 Å². The lowest BCUT2D eigenvalue weighted by atomic mass is 10.3. The molecular formula is C17H15N5O2S2. The molecule has 0 unspecified atom stereocenters. The van der Waals surface area contributed by atoms with Gasteiger partial charge < -0.3 is 4.42 Å². The van der Waals surface area contributed by atoms with E-state index in [1.165, 1.54) is 17.8 Å². The maximum absolute atomic E-state index is 12.2. The van der Waals surface area contributed by atoms with E-state index in [-0.39, 0.29) is 5.56 Å². The van der Waals surface area contributed by atoms with Crippen LogP contribution in [-0.2, 0) is 12.2 Å². The Morgan fingerprint density at radius 1 is 1.19 bits per heavy atom. The molecule has 9 heteroatoms. The number of hydrogen-bond acceptors (Lipinski definition) is 8. The number of thioether (sulfide) groups is 1. The van der Waals surface area contributed by atoms with Gasteiger partial charge in [0.05, 0.1) is 22.8 Å². The van der Waals surface area contributed by atoms with Gasteiger partial charge >= 0.3 is 0 Å². The van der Waals surface area contributed by atoms with E-state index in [0.717, 1.165) is 16.3 Å². The molecule has 0 spiro atoms. The van der Waals surface area contributed by atoms with Gasteiger partial charge in [0.2, 0.25) is 5.89 Å². The molecule has 0 radical (unpaired) electrons. The average molecular weight is 385 g/mol. The molecule has 4 aromatic rings. The van der Waals surface area contributed by atoms with Crippen LogP contribution in [0.15, 0.2) is 44.2 Å². The molecule has 4 rings (SSSR count). The molecule has 0 aromatic carbocycles. The van der Waals surface area contributed by atoms with Gasteiger partial charge in [0.1, 0.15) is 5.65 Å². The van der Waals surface area contributed by atoms with Gasteiger partial charge in [0.15, 0.2) is 0 Å². The second kappa shape index (κ2) is 7.00. The van der Waals surface area contributed by atoms with Crippen LogP contribution < -0.4 is 5.56 Å². The summed E-state index contributed by atoms with van der Waals surface area (Å²) in [6.45, 7) is 3.90. The van der Waals surface area contributed by atoms with E-state index in [2.05, 4.69) is 20.2 Å². The highest BCUT2D eigenvalue weighted by molar-refractivity contribution is 7.98. The van der Waals surface area contributed by atoms with Crippen molar-refractivity contribution in [2.45, 2.75) is 31.2 Å². The van der Waals surface area contributed by atoms with Gasteiger partial charge in [-0.25, -0.2) is 9.97 Å². The van der Waals surface area contributed by atoms with Gasteiger partial charge in [-0.3, -0.25) is 9.20 Å². The summed E-state index contributed by atoms with van der Waals surface area (Å²) >= 11 is 2.96. The molecule has 0 saturated heterocycles. The Balaban J connectivity index is 1.46. The fourth-order valence-electron chi connectivity index (χ4n) is 2.48. The zero-order valence-corrected chi connectivity index (χ0v) is 15.8. The lowest BCUT2D eigenvalue weighted by Crippen LogP contribution is -2.15. The number of nitrogens with zero attached hydrogens (tertiary/aromatic N) is 5. The second-order valence-corrected chi connectivity index (χ2v) is 7.79. The van der Waals surface area contributed by atoms with E-state index in [0.29, 0.717) is 34.6 Å². The van der Waals surface area contributed by atoms with E-state index >= 15 is 0 Å². The minimum Gasteiger partial charge on any atom is -0.416 e. The van der Waals surface area contributed by atoms with Crippen molar-refractivity contribution >= 4 is 28.7 Å². The summed E-state index contributed by atoms with van der Waals surface area (Å²) in [5.41, 5.74) is 3.14. The molecule has 0 aliphatic heterocycles. The largest absolute Gasteiger partial charge is 0.416 e. The van der Waals surface area contributed by atoms with Crippen LogP contribution in [0.25, 0.3) is 5.65 Å². The Morgan fingerprint density at radius 2 is 2.08 bits per heavy atom. The monoisotopic (exact) mass is 385 g/mol. The second-order valence-electron chi connectivity index (χ2n) is 5.81. The lowest BCUT2D eigenvalue weighted by molar-refractivity contribution is 0.419. The van der Waals surface area contributed by atoms with Gasteiger partial charge in [-0.15, -0.1) is 21.5 Å². The average Bonchev–Trinajstić information content (AvgIpc) is 3.23. The van der Waals surface area contributed by atoms with Crippen LogP contribution in [-0.4, -0.2) is 24.6 Å². The maximum atomic E-state index is 12.2. The molecule has 4 aromatic heterocycles. The van der Waals surface area contributed by atoms with Crippen molar-refractivity contribution in [3.05, 3.63) is 68.0 Å². The van der Waals surface area contributed by atoms with Gasteiger partial charge in [-0.1, -0.05) is 17.8 Å². The van der Waals surface area contributed by atoms with Crippen LogP contribution >= 0.6 is 23.1 Å². The number of aryl methyl sites for hydroxylation is 2. The summed E-state index contributed by atoms with van der Waals surface area (Å²) in [4.78, 5) is 21.1. The van der Waals surface area contributed by atoms with Gasteiger partial charge in [-0.2, -0.15) is 0 Å². The first-order valence-corrected chi connectivity index (χ1v) is 9.78. The third kappa shape index (κ3) is 3.68. The van der Waals surface area contributed by atoms with Gasteiger partial charge in [0, 0.05) is 23.4 Å². The third-order valence-electron chi connectivity index (χ3n) is 3.65. The Kier molecular flexibility index (Phi) is 4.56. The molecule has 132 valence electrons. The molecule has 0 saturated carbocycles. The SMILES string of the molecule is Cc1ccc2nc(CSc3nnc(Cc4csc(C)n4)o3)cc(=O)n2c1. The zero-order valence-electron chi connectivity index (χ0n) is 14.2. The minimum atomic E-state index is -0.0978. The van der Waals surface area contributed by atoms with Crippen LogP contribution in [0.5, 0.6) is 0 Å². The predicted octanol–water partition coefficient (Wildman–Crippen LogP) is 3.03. The summed E-state index contributed by atoms with van der Waals surface area (Å²) in [5.74, 6) is 1.01. The van der Waals surface area contributed by atoms with Crippen molar-refractivity contribution in [1.82, 2.24) is 24.6 Å². The molecule has 4 heterocycles. The first-order valence-electron chi connectivity index (χ1n) is 7.92. The number of aromatic nitrogens is 5. The molecule has 0 aliphatic carbocycles. The van der Waals surface area contributed by atoms with Crippen molar-refractivity contribution in [3.63, 3.8) is 0 Å². The number of fused-ring (bicyclic) bond motifs is 1. The van der Waals surface area contributed by atoms with Gasteiger partial charge in [0.25, 0.3) is 10.8 Å². The smallest absolute Gasteiger partial charge is 0.276 e. The van der Waals surface area contributed by atoms with Crippen molar-refractivity contribution < 1.29 is 4.42 Å². The van der Waals surface area contributed by atoms with Gasteiger partial charge in [-0.05, 0) is 25.5 Å². The van der Waals surface area contributed by atoms with Crippen LogP contribution in [0.2, 0.25) is 0 Å². The summed E-state index contributed by atoms with van der Waals surface area (Å²) in [6, 6.07) is 5.31. The molecule has 0 bridgehead atoms. The van der Waals surface area contributed by atoms with Crippen LogP contribution in [0.3, 0.4) is 0 Å². The standard InChI is InChI=1S/C17H15N5O2S2/c1-10-3-4-14-19-13(6-16(23)22(14)7-10)9-26-17-21-20-15(24-17)5-12-8-25-11(2)18-12/h3-4,6-8H,5,9H2,1-2H3. The van der Waals surface area contributed by atoms with E-state index in [1.54, 1.807) is 21.9 Å². The normalized spacial score (nSPS) is 11.3. The van der Waals surface area contributed by atoms with Crippen LogP contribution in [0.1, 0.15) is 27.8 Å². The molecule has 0 atom stereocenters. The molecule has 0 N–H and O–H groups in total. The summed E-state index contributed by atoms with van der Waals surface area (Å²) in [6.07, 6.45) is 2.30. The number of rotatable bonds is 5. The topological polar surface area (TPSA) is 86.2 Å². The predicted molar refractivity (Wildman–Crippen MR) is 99.7 cm³/mol. The third-order valence-corrected chi connectivity index (χ3v) is 5.33. The molecule has 26 heavy (non-hydrogen) atoms. The molecule has 7 nitrogen and oxygen atoms in total. The maximum Gasteiger partial charge on any atom is 0.276 e. The minimum absolute atomic E-state index is 0.0978. The molecule has 0 fully saturated rings.